The number of nitrogens with zero attached hydrogens (tertiary/aromatic N) is 2. The Hall–Kier alpha value is -1.36. The van der Waals surface area contributed by atoms with Crippen LogP contribution in [0.1, 0.15) is 30.3 Å². The van der Waals surface area contributed by atoms with Gasteiger partial charge in [-0.2, -0.15) is 5.10 Å². The fraction of sp³-hybridized carbons (Fsp3) is 0.667. The van der Waals surface area contributed by atoms with Gasteiger partial charge in [0.05, 0.1) is 12.8 Å². The van der Waals surface area contributed by atoms with Crippen molar-refractivity contribution in [3.8, 4) is 0 Å². The normalized spacial score (nSPS) is 14.5. The zero-order valence-corrected chi connectivity index (χ0v) is 11.2. The van der Waals surface area contributed by atoms with Gasteiger partial charge in [-0.1, -0.05) is 0 Å². The molecule has 0 aliphatic heterocycles. The van der Waals surface area contributed by atoms with Gasteiger partial charge < -0.3 is 10.5 Å². The number of nitrogens with two attached hydrogens (primary N) is 1. The summed E-state index contributed by atoms with van der Waals surface area (Å²) in [6, 6.07) is 0. The van der Waals surface area contributed by atoms with Crippen LogP contribution in [0.3, 0.4) is 0 Å². The fourth-order valence-corrected chi connectivity index (χ4v) is 1.68. The minimum atomic E-state index is -0.963. The highest BCUT2D eigenvalue weighted by atomic mass is 16.5. The lowest BCUT2D eigenvalue weighted by molar-refractivity contribution is -0.146. The molecule has 1 aromatic rings. The third-order valence-corrected chi connectivity index (χ3v) is 3.24. The van der Waals surface area contributed by atoms with Gasteiger partial charge in [0, 0.05) is 12.2 Å². The van der Waals surface area contributed by atoms with Gasteiger partial charge in [-0.05, 0) is 39.7 Å². The maximum absolute atomic E-state index is 11.4. The molecule has 0 aromatic carbocycles. The lowest BCUT2D eigenvalue weighted by Gasteiger charge is -2.21. The summed E-state index contributed by atoms with van der Waals surface area (Å²) in [4.78, 5) is 11.4. The van der Waals surface area contributed by atoms with Crippen LogP contribution in [0.4, 0.5) is 0 Å². The van der Waals surface area contributed by atoms with E-state index in [1.54, 1.807) is 6.92 Å². The molecule has 0 saturated carbocycles. The van der Waals surface area contributed by atoms with Gasteiger partial charge in [0.15, 0.2) is 0 Å². The second-order valence-corrected chi connectivity index (χ2v) is 4.68. The van der Waals surface area contributed by atoms with Gasteiger partial charge in [0.1, 0.15) is 5.54 Å². The average Bonchev–Trinajstić information content (AvgIpc) is 2.53. The molecule has 0 saturated heterocycles. The topological polar surface area (TPSA) is 70.1 Å². The summed E-state index contributed by atoms with van der Waals surface area (Å²) in [6.07, 6.45) is 0.501. The van der Waals surface area contributed by atoms with Gasteiger partial charge in [0.2, 0.25) is 0 Å². The van der Waals surface area contributed by atoms with E-state index in [2.05, 4.69) is 9.84 Å². The van der Waals surface area contributed by atoms with E-state index in [1.807, 2.05) is 25.5 Å². The molecule has 1 atom stereocenters. The van der Waals surface area contributed by atoms with Crippen molar-refractivity contribution in [2.24, 2.45) is 5.73 Å². The summed E-state index contributed by atoms with van der Waals surface area (Å²) in [5.74, 6) is -0.393. The number of esters is 1. The monoisotopic (exact) mass is 239 g/mol. The van der Waals surface area contributed by atoms with Crippen molar-refractivity contribution in [3.63, 3.8) is 0 Å². The quantitative estimate of drug-likeness (QED) is 0.798. The van der Waals surface area contributed by atoms with Crippen LogP contribution in [-0.2, 0) is 16.1 Å². The largest absolute Gasteiger partial charge is 0.468 e. The van der Waals surface area contributed by atoms with Crippen molar-refractivity contribution >= 4 is 5.97 Å². The molecule has 0 aliphatic carbocycles. The summed E-state index contributed by atoms with van der Waals surface area (Å²) < 4.78 is 6.56. The molecule has 5 heteroatoms. The number of carbonyl (C=O) groups excluding carboxylic acids is 1. The van der Waals surface area contributed by atoms with Crippen LogP contribution >= 0.6 is 0 Å². The number of ether oxygens (including phenoxy) is 1. The van der Waals surface area contributed by atoms with Crippen LogP contribution in [0.2, 0.25) is 0 Å². The van der Waals surface area contributed by atoms with Crippen LogP contribution in [-0.4, -0.2) is 28.4 Å². The molecule has 0 fully saturated rings. The zero-order valence-electron chi connectivity index (χ0n) is 11.2. The maximum atomic E-state index is 11.4. The molecule has 0 radical (unpaired) electrons. The number of carbonyl (C=O) groups is 1. The highest BCUT2D eigenvalue weighted by Gasteiger charge is 2.29. The van der Waals surface area contributed by atoms with Crippen LogP contribution in [0, 0.1) is 20.8 Å². The maximum Gasteiger partial charge on any atom is 0.325 e. The molecule has 96 valence electrons. The minimum absolute atomic E-state index is 0.393. The van der Waals surface area contributed by atoms with Gasteiger partial charge in [-0.25, -0.2) is 0 Å². The van der Waals surface area contributed by atoms with Crippen molar-refractivity contribution in [1.82, 2.24) is 9.78 Å². The van der Waals surface area contributed by atoms with Gasteiger partial charge in [-0.3, -0.25) is 9.48 Å². The molecule has 0 bridgehead atoms. The predicted octanol–water partition coefficient (Wildman–Crippen LogP) is 1.09. The van der Waals surface area contributed by atoms with E-state index in [0.29, 0.717) is 13.0 Å². The molecular weight excluding hydrogens is 218 g/mol. The molecule has 0 amide bonds. The molecule has 1 aromatic heterocycles. The minimum Gasteiger partial charge on any atom is -0.468 e. The number of aryl methyl sites for hydroxylation is 2. The van der Waals surface area contributed by atoms with Crippen molar-refractivity contribution in [2.75, 3.05) is 7.11 Å². The Labute approximate surface area is 102 Å². The average molecular weight is 239 g/mol. The SMILES string of the molecule is COC(=O)C(C)(N)CCn1nc(C)c(C)c1C. The summed E-state index contributed by atoms with van der Waals surface area (Å²) in [5.41, 5.74) is 8.24. The molecule has 2 N–H and O–H groups in total. The first-order valence-corrected chi connectivity index (χ1v) is 5.67. The van der Waals surface area contributed by atoms with Gasteiger partial charge in [0.25, 0.3) is 0 Å². The second kappa shape index (κ2) is 4.87. The van der Waals surface area contributed by atoms with E-state index in [-0.39, 0.29) is 0 Å². The Bertz CT molecular complexity index is 422. The van der Waals surface area contributed by atoms with Gasteiger partial charge in [-0.15, -0.1) is 0 Å². The summed E-state index contributed by atoms with van der Waals surface area (Å²) in [6.45, 7) is 8.32. The lowest BCUT2D eigenvalue weighted by Crippen LogP contribution is -2.46. The van der Waals surface area contributed by atoms with Crippen molar-refractivity contribution in [2.45, 2.75) is 46.2 Å². The number of rotatable bonds is 4. The molecule has 5 nitrogen and oxygen atoms in total. The number of aromatic nitrogens is 2. The van der Waals surface area contributed by atoms with Crippen LogP contribution < -0.4 is 5.73 Å². The van der Waals surface area contributed by atoms with Crippen molar-refractivity contribution < 1.29 is 9.53 Å². The molecule has 0 spiro atoms. The van der Waals surface area contributed by atoms with Crippen molar-refractivity contribution in [3.05, 3.63) is 17.0 Å². The standard InChI is InChI=1S/C12H21N3O2/c1-8-9(2)14-15(10(8)3)7-6-12(4,13)11(16)17-5/h6-7,13H2,1-5H3. The Morgan fingerprint density at radius 2 is 2.06 bits per heavy atom. The molecule has 1 unspecified atom stereocenters. The summed E-state index contributed by atoms with van der Waals surface area (Å²) in [5, 5.41) is 4.41. The molecule has 17 heavy (non-hydrogen) atoms. The van der Waals surface area contributed by atoms with E-state index in [4.69, 9.17) is 5.73 Å². The number of hydrogen-bond donors (Lipinski definition) is 1. The van der Waals surface area contributed by atoms with E-state index < -0.39 is 11.5 Å². The Balaban J connectivity index is 2.74. The number of hydrogen-bond acceptors (Lipinski definition) is 4. The third-order valence-electron chi connectivity index (χ3n) is 3.24. The molecule has 0 aliphatic rings. The third kappa shape index (κ3) is 2.85. The molecule has 1 rings (SSSR count). The predicted molar refractivity (Wildman–Crippen MR) is 65.7 cm³/mol. The first kappa shape index (κ1) is 13.7. The smallest absolute Gasteiger partial charge is 0.325 e. The first-order chi connectivity index (χ1) is 7.79. The lowest BCUT2D eigenvalue weighted by atomic mass is 10.00. The van der Waals surface area contributed by atoms with E-state index >= 15 is 0 Å². The van der Waals surface area contributed by atoms with Crippen LogP contribution in [0.5, 0.6) is 0 Å². The Morgan fingerprint density at radius 1 is 1.47 bits per heavy atom. The summed E-state index contributed by atoms with van der Waals surface area (Å²) >= 11 is 0. The van der Waals surface area contributed by atoms with Gasteiger partial charge >= 0.3 is 5.97 Å². The van der Waals surface area contributed by atoms with Crippen molar-refractivity contribution in [1.29, 1.82) is 0 Å². The second-order valence-electron chi connectivity index (χ2n) is 4.68. The Morgan fingerprint density at radius 3 is 2.47 bits per heavy atom. The summed E-state index contributed by atoms with van der Waals surface area (Å²) in [7, 11) is 1.35. The van der Waals surface area contributed by atoms with E-state index in [9.17, 15) is 4.79 Å². The van der Waals surface area contributed by atoms with E-state index in [1.165, 1.54) is 12.7 Å². The molecular formula is C12H21N3O2. The fourth-order valence-electron chi connectivity index (χ4n) is 1.68. The number of methoxy groups -OCH3 is 1. The highest BCUT2D eigenvalue weighted by molar-refractivity contribution is 5.79. The Kier molecular flexibility index (Phi) is 3.93. The molecule has 1 heterocycles. The first-order valence-electron chi connectivity index (χ1n) is 5.67. The zero-order chi connectivity index (χ0) is 13.2. The van der Waals surface area contributed by atoms with Crippen LogP contribution in [0.15, 0.2) is 0 Å². The van der Waals surface area contributed by atoms with Crippen LogP contribution in [0.25, 0.3) is 0 Å². The highest BCUT2D eigenvalue weighted by Crippen LogP contribution is 2.14. The van der Waals surface area contributed by atoms with E-state index in [0.717, 1.165) is 11.4 Å².